The summed E-state index contributed by atoms with van der Waals surface area (Å²) in [7, 11) is 1.55. The number of rotatable bonds is 7. The number of methoxy groups -OCH3 is 1. The number of phenols is 1. The van der Waals surface area contributed by atoms with Crippen molar-refractivity contribution in [2.45, 2.75) is 38.0 Å². The molecule has 0 aromatic heterocycles. The van der Waals surface area contributed by atoms with E-state index < -0.39 is 18.2 Å². The van der Waals surface area contributed by atoms with E-state index in [0.29, 0.717) is 58.9 Å². The van der Waals surface area contributed by atoms with Crippen LogP contribution in [0, 0.1) is 5.92 Å². The number of hydrogen-bond acceptors (Lipinski definition) is 7. The molecule has 1 fully saturated rings. The molecule has 196 valence electrons. The van der Waals surface area contributed by atoms with Crippen molar-refractivity contribution in [3.63, 3.8) is 0 Å². The molecular weight excluding hydrogens is 490 g/mol. The fraction of sp³-hybridized carbons (Fsp3) is 0.276. The van der Waals surface area contributed by atoms with Crippen LogP contribution in [0.15, 0.2) is 63.8 Å². The Hall–Kier alpha value is -4.21. The maximum absolute atomic E-state index is 12.3. The molecule has 0 amide bonds. The summed E-state index contributed by atoms with van der Waals surface area (Å²) >= 11 is 0. The standard InChI is InChI=1S/C29H27NO8/c1-37-27(30-17-5-2-15(3-6-17)28(33)34)16-4-9-20(29(35)36)23(12-16)26-21-10-7-18(31)13-24(21)38-25-14-19(32)8-11-22(25)26/h4,7-15,17,27,30-31H,2-3,5-6H2,1H3,(H,33,34)(H,35,36). The summed E-state index contributed by atoms with van der Waals surface area (Å²) in [6.07, 6.45) is 1.96. The summed E-state index contributed by atoms with van der Waals surface area (Å²) < 4.78 is 11.7. The predicted octanol–water partition coefficient (Wildman–Crippen LogP) is 4.85. The van der Waals surface area contributed by atoms with E-state index in [4.69, 9.17) is 9.15 Å². The van der Waals surface area contributed by atoms with Gasteiger partial charge in [-0.3, -0.25) is 14.9 Å². The molecule has 4 N–H and O–H groups in total. The highest BCUT2D eigenvalue weighted by molar-refractivity contribution is 6.07. The van der Waals surface area contributed by atoms with Gasteiger partial charge in [-0.2, -0.15) is 0 Å². The van der Waals surface area contributed by atoms with Crippen LogP contribution in [0.5, 0.6) is 5.75 Å². The molecule has 0 radical (unpaired) electrons. The molecule has 1 atom stereocenters. The van der Waals surface area contributed by atoms with Gasteiger partial charge < -0.3 is 24.5 Å². The highest BCUT2D eigenvalue weighted by Gasteiger charge is 2.28. The first kappa shape index (κ1) is 25.4. The van der Waals surface area contributed by atoms with Crippen molar-refractivity contribution in [3.05, 3.63) is 75.9 Å². The molecule has 2 aromatic carbocycles. The van der Waals surface area contributed by atoms with E-state index in [1.165, 1.54) is 30.3 Å². The summed E-state index contributed by atoms with van der Waals surface area (Å²) in [6, 6.07) is 13.9. The average Bonchev–Trinajstić information content (AvgIpc) is 2.90. The molecule has 2 aromatic rings. The lowest BCUT2D eigenvalue weighted by atomic mass is 9.86. The Morgan fingerprint density at radius 1 is 0.974 bits per heavy atom. The van der Waals surface area contributed by atoms with Crippen molar-refractivity contribution in [2.24, 2.45) is 5.92 Å². The molecule has 1 unspecified atom stereocenters. The van der Waals surface area contributed by atoms with Crippen molar-refractivity contribution >= 4 is 22.9 Å². The topological polar surface area (TPSA) is 146 Å². The van der Waals surface area contributed by atoms with Gasteiger partial charge in [0.25, 0.3) is 0 Å². The maximum Gasteiger partial charge on any atom is 0.336 e. The van der Waals surface area contributed by atoms with Gasteiger partial charge >= 0.3 is 11.9 Å². The van der Waals surface area contributed by atoms with E-state index in [1.54, 1.807) is 31.4 Å². The predicted molar refractivity (Wildman–Crippen MR) is 139 cm³/mol. The molecule has 0 spiro atoms. The summed E-state index contributed by atoms with van der Waals surface area (Å²) in [5, 5.41) is 33.4. The van der Waals surface area contributed by atoms with E-state index in [9.17, 15) is 29.7 Å². The number of aromatic hydroxyl groups is 1. The Bertz CT molecular complexity index is 1550. The van der Waals surface area contributed by atoms with Crippen LogP contribution in [-0.4, -0.2) is 40.4 Å². The Morgan fingerprint density at radius 3 is 2.42 bits per heavy atom. The zero-order chi connectivity index (χ0) is 27.0. The molecule has 5 rings (SSSR count). The average molecular weight is 518 g/mol. The molecular formula is C29H27NO8. The van der Waals surface area contributed by atoms with Gasteiger partial charge in [0.05, 0.1) is 11.5 Å². The van der Waals surface area contributed by atoms with E-state index >= 15 is 0 Å². The van der Waals surface area contributed by atoms with E-state index in [-0.39, 0.29) is 34.5 Å². The Kier molecular flexibility index (Phi) is 6.88. The summed E-state index contributed by atoms with van der Waals surface area (Å²) in [6.45, 7) is 0. The van der Waals surface area contributed by atoms with Gasteiger partial charge in [-0.05, 0) is 73.2 Å². The highest BCUT2D eigenvalue weighted by Crippen LogP contribution is 2.42. The van der Waals surface area contributed by atoms with Crippen molar-refractivity contribution < 1.29 is 34.1 Å². The number of phenolic OH excluding ortho intramolecular Hbond substituents is 1. The van der Waals surface area contributed by atoms with Crippen LogP contribution < -0.4 is 10.7 Å². The first-order valence-electron chi connectivity index (χ1n) is 12.3. The fourth-order valence-corrected chi connectivity index (χ4v) is 5.29. The van der Waals surface area contributed by atoms with Gasteiger partial charge in [-0.15, -0.1) is 0 Å². The normalized spacial score (nSPS) is 18.4. The lowest BCUT2D eigenvalue weighted by Gasteiger charge is -2.30. The van der Waals surface area contributed by atoms with Crippen molar-refractivity contribution in [2.75, 3.05) is 7.11 Å². The first-order chi connectivity index (χ1) is 18.2. The minimum absolute atomic E-state index is 0.0293. The number of benzene rings is 3. The van der Waals surface area contributed by atoms with E-state index in [0.717, 1.165) is 0 Å². The third kappa shape index (κ3) is 4.85. The zero-order valence-electron chi connectivity index (χ0n) is 20.6. The largest absolute Gasteiger partial charge is 0.508 e. The molecule has 0 saturated heterocycles. The van der Waals surface area contributed by atoms with Crippen LogP contribution in [0.2, 0.25) is 0 Å². The first-order valence-corrected chi connectivity index (χ1v) is 12.3. The van der Waals surface area contributed by atoms with Crippen LogP contribution >= 0.6 is 0 Å². The Morgan fingerprint density at radius 2 is 1.74 bits per heavy atom. The minimum Gasteiger partial charge on any atom is -0.508 e. The SMILES string of the molecule is COC(NC1CCC(C(=O)O)CC1)c1ccc(C(=O)O)c(-c2c3ccc(=O)cc-3oc3cc(O)ccc23)c1. The Labute approximate surface area is 217 Å². The van der Waals surface area contributed by atoms with Crippen LogP contribution in [0.25, 0.3) is 33.4 Å². The summed E-state index contributed by atoms with van der Waals surface area (Å²) in [5.41, 5.74) is 2.29. The van der Waals surface area contributed by atoms with Crippen LogP contribution in [0.1, 0.15) is 47.8 Å². The number of ether oxygens (including phenoxy) is 1. The maximum atomic E-state index is 12.3. The smallest absolute Gasteiger partial charge is 0.336 e. The van der Waals surface area contributed by atoms with Crippen molar-refractivity contribution in [1.82, 2.24) is 5.32 Å². The second kappa shape index (κ2) is 10.3. The molecule has 9 nitrogen and oxygen atoms in total. The van der Waals surface area contributed by atoms with E-state index in [1.807, 2.05) is 0 Å². The number of fused-ring (bicyclic) bond motifs is 2. The lowest BCUT2D eigenvalue weighted by Crippen LogP contribution is -2.38. The number of carbonyl (C=O) groups is 2. The highest BCUT2D eigenvalue weighted by atomic mass is 16.5. The molecule has 38 heavy (non-hydrogen) atoms. The van der Waals surface area contributed by atoms with Crippen LogP contribution in [0.3, 0.4) is 0 Å². The van der Waals surface area contributed by atoms with Gasteiger partial charge in [0.1, 0.15) is 23.3 Å². The quantitative estimate of drug-likeness (QED) is 0.200. The molecule has 2 aliphatic carbocycles. The zero-order valence-corrected chi connectivity index (χ0v) is 20.6. The van der Waals surface area contributed by atoms with Gasteiger partial charge in [-0.1, -0.05) is 6.07 Å². The van der Waals surface area contributed by atoms with Crippen molar-refractivity contribution in [1.29, 1.82) is 0 Å². The number of hydrogen-bond donors (Lipinski definition) is 4. The number of aliphatic carboxylic acids is 1. The number of nitrogens with one attached hydrogen (secondary N) is 1. The number of carboxylic acids is 2. The second-order valence-corrected chi connectivity index (χ2v) is 9.59. The van der Waals surface area contributed by atoms with Crippen LogP contribution in [0.4, 0.5) is 0 Å². The lowest BCUT2D eigenvalue weighted by molar-refractivity contribution is -0.143. The monoisotopic (exact) mass is 517 g/mol. The fourth-order valence-electron chi connectivity index (χ4n) is 5.29. The van der Waals surface area contributed by atoms with E-state index in [2.05, 4.69) is 5.32 Å². The summed E-state index contributed by atoms with van der Waals surface area (Å²) in [4.78, 5) is 35.7. The molecule has 3 aliphatic rings. The number of aromatic carboxylic acids is 1. The number of carboxylic acid groups (broad SMARTS) is 2. The van der Waals surface area contributed by atoms with Gasteiger partial charge in [0.2, 0.25) is 0 Å². The van der Waals surface area contributed by atoms with Gasteiger partial charge in [-0.25, -0.2) is 4.79 Å². The molecule has 9 heteroatoms. The minimum atomic E-state index is -1.12. The third-order valence-corrected chi connectivity index (χ3v) is 7.22. The Balaban J connectivity index is 1.62. The third-order valence-electron chi connectivity index (χ3n) is 7.22. The van der Waals surface area contributed by atoms with Gasteiger partial charge in [0, 0.05) is 41.8 Å². The molecule has 1 heterocycles. The van der Waals surface area contributed by atoms with Gasteiger partial charge in [0.15, 0.2) is 5.43 Å². The molecule has 1 aliphatic heterocycles. The summed E-state index contributed by atoms with van der Waals surface area (Å²) in [5.74, 6) is -1.99. The molecule has 1 saturated carbocycles. The van der Waals surface area contributed by atoms with Crippen LogP contribution in [-0.2, 0) is 9.53 Å². The molecule has 0 bridgehead atoms. The van der Waals surface area contributed by atoms with Crippen molar-refractivity contribution in [3.8, 4) is 28.2 Å². The second-order valence-electron chi connectivity index (χ2n) is 9.59.